The van der Waals surface area contributed by atoms with Crippen LogP contribution in [0.15, 0.2) is 35.8 Å². The van der Waals surface area contributed by atoms with Crippen LogP contribution in [0, 0.1) is 22.7 Å². The number of rotatable bonds is 12. The molecule has 2 N–H and O–H groups in total. The summed E-state index contributed by atoms with van der Waals surface area (Å²) in [4.78, 5) is 64.1. The van der Waals surface area contributed by atoms with E-state index in [1.807, 2.05) is 6.20 Å². The lowest BCUT2D eigenvalue weighted by molar-refractivity contribution is -0.202. The lowest BCUT2D eigenvalue weighted by Crippen LogP contribution is -2.70. The number of nitrogens with zero attached hydrogens (tertiary/aromatic N) is 8. The van der Waals surface area contributed by atoms with Crippen molar-refractivity contribution in [2.75, 3.05) is 111 Å². The number of hydrogen-bond donors (Lipinski definition) is 2. The maximum atomic E-state index is 15.1. The number of amides is 2. The lowest BCUT2D eigenvalue weighted by Gasteiger charge is -2.58. The minimum atomic E-state index is -0.936. The predicted octanol–water partition coefficient (Wildman–Crippen LogP) is 5.46. The Morgan fingerprint density at radius 1 is 1.00 bits per heavy atom. The minimum Gasteiger partial charge on any atom is -0.464 e. The van der Waals surface area contributed by atoms with Crippen molar-refractivity contribution < 1.29 is 33.3 Å². The monoisotopic (exact) mass is 1020 g/mol. The van der Waals surface area contributed by atoms with Gasteiger partial charge in [0.25, 0.3) is 5.91 Å². The summed E-state index contributed by atoms with van der Waals surface area (Å²) in [6.45, 7) is 19.2. The van der Waals surface area contributed by atoms with Crippen LogP contribution in [0.3, 0.4) is 0 Å². The quantitative estimate of drug-likeness (QED) is 0.173. The molecule has 1 spiro atoms. The number of likely N-dealkylation sites (tertiary alicyclic amines) is 2. The van der Waals surface area contributed by atoms with Gasteiger partial charge < -0.3 is 33.7 Å². The van der Waals surface area contributed by atoms with Crippen molar-refractivity contribution in [3.8, 4) is 22.5 Å². The molecule has 8 aliphatic rings. The van der Waals surface area contributed by atoms with E-state index >= 15 is 4.79 Å². The number of thiazole rings is 1. The highest BCUT2D eigenvalue weighted by Gasteiger charge is 2.55. The third-order valence-electron chi connectivity index (χ3n) is 17.4. The van der Waals surface area contributed by atoms with E-state index in [1.54, 1.807) is 30.6 Å². The molecular formula is C55H74N10O7S. The normalized spacial score (nSPS) is 28.3. The third-order valence-corrected chi connectivity index (χ3v) is 18.3. The van der Waals surface area contributed by atoms with Crippen molar-refractivity contribution in [3.05, 3.63) is 52.1 Å². The molecule has 3 aromatic heterocycles. The van der Waals surface area contributed by atoms with E-state index in [-0.39, 0.29) is 53.8 Å². The molecule has 9 heterocycles. The van der Waals surface area contributed by atoms with E-state index in [1.165, 1.54) is 18.4 Å². The number of esters is 1. The third kappa shape index (κ3) is 9.50. The van der Waals surface area contributed by atoms with Crippen molar-refractivity contribution >= 4 is 45.7 Å². The van der Waals surface area contributed by atoms with E-state index in [9.17, 15) is 9.59 Å². The first kappa shape index (κ1) is 49.4. The lowest BCUT2D eigenvalue weighted by atomic mass is 9.76. The smallest absolute Gasteiger partial charge is 0.324 e. The van der Waals surface area contributed by atoms with Gasteiger partial charge in [-0.2, -0.15) is 0 Å². The van der Waals surface area contributed by atoms with Crippen LogP contribution in [-0.2, 0) is 39.8 Å². The second-order valence-electron chi connectivity index (χ2n) is 23.6. The van der Waals surface area contributed by atoms with Crippen LogP contribution in [0.2, 0.25) is 0 Å². The zero-order valence-corrected chi connectivity index (χ0v) is 44.4. The van der Waals surface area contributed by atoms with Gasteiger partial charge in [-0.1, -0.05) is 26.8 Å². The molecule has 0 radical (unpaired) electrons. The Bertz CT molecular complexity index is 2730. The fourth-order valence-electron chi connectivity index (χ4n) is 12.5. The number of hydrogen-bond acceptors (Lipinski definition) is 15. The van der Waals surface area contributed by atoms with E-state index < -0.39 is 23.5 Å². The molecule has 6 aliphatic heterocycles. The molecule has 392 valence electrons. The Morgan fingerprint density at radius 3 is 2.48 bits per heavy atom. The van der Waals surface area contributed by atoms with Gasteiger partial charge in [0.1, 0.15) is 17.1 Å². The first-order valence-electron chi connectivity index (χ1n) is 27.0. The number of anilines is 1. The number of methoxy groups -OCH3 is 2. The number of pyridine rings is 1. The summed E-state index contributed by atoms with van der Waals surface area (Å²) in [5.41, 5.74) is 11.2. The molecule has 6 atom stereocenters. The summed E-state index contributed by atoms with van der Waals surface area (Å²) in [5.74, 6) is -0.643. The van der Waals surface area contributed by atoms with Crippen LogP contribution in [0.4, 0.5) is 5.69 Å². The summed E-state index contributed by atoms with van der Waals surface area (Å²) in [5, 5.41) is 8.87. The largest absolute Gasteiger partial charge is 0.464 e. The van der Waals surface area contributed by atoms with Crippen LogP contribution in [0.5, 0.6) is 0 Å². The Balaban J connectivity index is 1.01. The van der Waals surface area contributed by atoms with E-state index in [0.717, 1.165) is 122 Å². The number of carbonyl (C=O) groups is 3. The van der Waals surface area contributed by atoms with Gasteiger partial charge in [0.15, 0.2) is 0 Å². The molecule has 4 aromatic rings. The first-order valence-corrected chi connectivity index (χ1v) is 27.9. The van der Waals surface area contributed by atoms with Gasteiger partial charge in [-0.15, -0.1) is 11.3 Å². The van der Waals surface area contributed by atoms with Crippen molar-refractivity contribution in [3.63, 3.8) is 0 Å². The molecule has 2 aliphatic carbocycles. The van der Waals surface area contributed by atoms with Crippen LogP contribution >= 0.6 is 11.3 Å². The molecule has 1 aromatic carbocycles. The van der Waals surface area contributed by atoms with Crippen LogP contribution in [0.1, 0.15) is 94.3 Å². The van der Waals surface area contributed by atoms with Crippen molar-refractivity contribution in [1.29, 1.82) is 0 Å². The Labute approximate surface area is 433 Å². The fraction of sp³-hybridized carbons (Fsp3) is 0.655. The topological polar surface area (TPSA) is 159 Å². The molecule has 6 bridgehead atoms. The average molecular weight is 1020 g/mol. The zero-order valence-electron chi connectivity index (χ0n) is 43.6. The standard InChI is InChI=1S/C55H74N10O7S/c1-33-20-39(33)50(66)58-47-49(63-28-55(29-63)31-71-32-55)51-57-44(27-73-51)35-9-12-45-40(21-35)42(23-54(3,4)30-72-53(68)43-8-7-13-64(59-43)52(47)67)48(65(45)38-25-62(26-38)36-10-11-36)41-22-37(24-56-46(41)34(2)70-6)61-16-14-60(15-17-61)18-19-69-5/h9,12,21-22,24,27,33-34,36,38-39,43,47,49,59H,7-8,10-11,13-20,23,25-26,28-32H2,1-6H3,(H,58,66)/t33-,34+,39-,43+,47+,49+/m1/s1. The fourth-order valence-corrected chi connectivity index (χ4v) is 13.5. The SMILES string of the molecule is COCCN1CCN(c2cnc([C@H](C)OC)c(-c3c4c5cc(ccc5n3C3CN(C5CC5)C3)-c3csc(n3)[C@@H](N3CC5(COC5)C3)[C@H](NC(=O)[C@@H]3C[C@H]3C)C(=O)N3CCC[C@H](N3)C(=O)OCC(C)(C)C4)c2)CC1. The second-order valence-corrected chi connectivity index (χ2v) is 24.5. The molecule has 2 amide bonds. The predicted molar refractivity (Wildman–Crippen MR) is 279 cm³/mol. The Kier molecular flexibility index (Phi) is 13.2. The number of carbonyl (C=O) groups excluding carboxylic acids is 3. The number of nitrogens with one attached hydrogen (secondary N) is 2. The van der Waals surface area contributed by atoms with E-state index in [2.05, 4.69) is 92.2 Å². The molecule has 17 nitrogen and oxygen atoms in total. The molecule has 7 fully saturated rings. The number of ether oxygens (including phenoxy) is 4. The number of piperazine rings is 1. The average Bonchev–Trinajstić information content (AvgIpc) is 4.26. The number of hydrazine groups is 1. The van der Waals surface area contributed by atoms with Gasteiger partial charge in [-0.25, -0.2) is 10.4 Å². The molecule has 5 saturated heterocycles. The van der Waals surface area contributed by atoms with E-state index in [0.29, 0.717) is 45.1 Å². The Hall–Kier alpha value is -4.53. The van der Waals surface area contributed by atoms with Gasteiger partial charge in [-0.3, -0.25) is 39.1 Å². The van der Waals surface area contributed by atoms with Crippen LogP contribution < -0.4 is 15.6 Å². The number of cyclic esters (lactones) is 1. The summed E-state index contributed by atoms with van der Waals surface area (Å²) >= 11 is 1.55. The van der Waals surface area contributed by atoms with Crippen molar-refractivity contribution in [1.82, 2.24) is 45.0 Å². The molecular weight excluding hydrogens is 945 g/mol. The summed E-state index contributed by atoms with van der Waals surface area (Å²) in [7, 11) is 3.52. The molecule has 73 heavy (non-hydrogen) atoms. The molecule has 2 saturated carbocycles. The van der Waals surface area contributed by atoms with Gasteiger partial charge >= 0.3 is 5.97 Å². The highest BCUT2D eigenvalue weighted by atomic mass is 32.1. The maximum Gasteiger partial charge on any atom is 0.324 e. The summed E-state index contributed by atoms with van der Waals surface area (Å²) < 4.78 is 26.2. The van der Waals surface area contributed by atoms with Gasteiger partial charge in [-0.05, 0) is 75.1 Å². The van der Waals surface area contributed by atoms with Crippen LogP contribution in [-0.4, -0.2) is 176 Å². The number of fused-ring (bicyclic) bond motifs is 6. The van der Waals surface area contributed by atoms with Gasteiger partial charge in [0.05, 0.1) is 73.6 Å². The van der Waals surface area contributed by atoms with Crippen LogP contribution in [0.25, 0.3) is 33.4 Å². The molecule has 12 rings (SSSR count). The number of benzene rings is 1. The minimum absolute atomic E-state index is 0.0398. The van der Waals surface area contributed by atoms with E-state index in [4.69, 9.17) is 28.9 Å². The molecule has 18 heteroatoms. The summed E-state index contributed by atoms with van der Waals surface area (Å²) in [6.07, 6.45) is 6.81. The summed E-state index contributed by atoms with van der Waals surface area (Å²) in [6, 6.07) is 7.88. The maximum absolute atomic E-state index is 15.1. The Morgan fingerprint density at radius 2 is 1.78 bits per heavy atom. The van der Waals surface area contributed by atoms with Crippen molar-refractivity contribution in [2.24, 2.45) is 22.7 Å². The van der Waals surface area contributed by atoms with Gasteiger partial charge in [0, 0.05) is 130 Å². The van der Waals surface area contributed by atoms with Crippen molar-refractivity contribution in [2.45, 2.75) is 103 Å². The zero-order chi connectivity index (χ0) is 50.3. The van der Waals surface area contributed by atoms with Gasteiger partial charge in [0.2, 0.25) is 5.91 Å². The number of aromatic nitrogens is 3. The first-order chi connectivity index (χ1) is 35.3. The highest BCUT2D eigenvalue weighted by Crippen LogP contribution is 2.49. The molecule has 0 unspecified atom stereocenters. The highest BCUT2D eigenvalue weighted by molar-refractivity contribution is 7.10. The second kappa shape index (κ2) is 19.6.